The maximum atomic E-state index is 14.9. The van der Waals surface area contributed by atoms with Crippen LogP contribution in [0.25, 0.3) is 11.1 Å². The number of nitrogens with one attached hydrogen (secondary N) is 2. The minimum Gasteiger partial charge on any atom is -0.389 e. The van der Waals surface area contributed by atoms with Gasteiger partial charge in [0.15, 0.2) is 20.6 Å². The average molecular weight is 771 g/mol. The molecule has 0 spiro atoms. The molecule has 1 amide bonds. The van der Waals surface area contributed by atoms with Crippen molar-refractivity contribution in [3.8, 4) is 11.1 Å². The quantitative estimate of drug-likeness (QED) is 0.212. The van der Waals surface area contributed by atoms with Crippen molar-refractivity contribution in [2.24, 2.45) is 0 Å². The maximum Gasteiger partial charge on any atom is 0.407 e. The van der Waals surface area contributed by atoms with Crippen LogP contribution in [-0.2, 0) is 29.4 Å². The molecule has 2 aromatic carbocycles. The first-order chi connectivity index (χ1) is 24.0. The highest BCUT2D eigenvalue weighted by Gasteiger charge is 2.44. The second-order valence-electron chi connectivity index (χ2n) is 14.0. The molecule has 17 heteroatoms. The number of sulfone groups is 1. The number of sulfonamides is 1. The molecule has 1 saturated heterocycles. The molecule has 1 aliphatic rings. The molecule has 0 bridgehead atoms. The predicted molar refractivity (Wildman–Crippen MR) is 185 cm³/mol. The maximum absolute atomic E-state index is 14.9. The lowest BCUT2D eigenvalue weighted by Crippen LogP contribution is -2.54. The van der Waals surface area contributed by atoms with Crippen LogP contribution in [0.1, 0.15) is 58.6 Å². The van der Waals surface area contributed by atoms with Crippen molar-refractivity contribution in [1.82, 2.24) is 19.9 Å². The average Bonchev–Trinajstić information content (AvgIpc) is 3.22. The lowest BCUT2D eigenvalue weighted by molar-refractivity contribution is -0.161. The molecule has 3 N–H and O–H groups in total. The smallest absolute Gasteiger partial charge is 0.389 e. The minimum atomic E-state index is -4.95. The van der Waals surface area contributed by atoms with Crippen molar-refractivity contribution in [3.05, 3.63) is 78.5 Å². The highest BCUT2D eigenvalue weighted by Crippen LogP contribution is 2.35. The minimum absolute atomic E-state index is 0.00103. The first-order valence-electron chi connectivity index (χ1n) is 16.4. The third kappa shape index (κ3) is 10.9. The van der Waals surface area contributed by atoms with Gasteiger partial charge in [-0.05, 0) is 81.5 Å². The molecule has 0 radical (unpaired) electrons. The van der Waals surface area contributed by atoms with Gasteiger partial charge in [-0.15, -0.1) is 0 Å². The summed E-state index contributed by atoms with van der Waals surface area (Å²) in [4.78, 5) is 30.5. The largest absolute Gasteiger partial charge is 0.407 e. The van der Waals surface area contributed by atoms with Crippen molar-refractivity contribution in [2.45, 2.75) is 92.5 Å². The third-order valence-electron chi connectivity index (χ3n) is 8.21. The Bertz CT molecular complexity index is 1930. The summed E-state index contributed by atoms with van der Waals surface area (Å²) in [5.74, 6) is -2.25. The number of rotatable bonds is 13. The van der Waals surface area contributed by atoms with E-state index < -0.39 is 85.8 Å². The number of nitrogens with zero attached hydrogens (tertiary/aromatic N) is 2. The number of amides is 1. The zero-order valence-electron chi connectivity index (χ0n) is 29.0. The highest BCUT2D eigenvalue weighted by atomic mass is 32.2. The van der Waals surface area contributed by atoms with Gasteiger partial charge in [0.25, 0.3) is 10.0 Å². The van der Waals surface area contributed by atoms with Gasteiger partial charge < -0.3 is 10.4 Å². The van der Waals surface area contributed by atoms with Gasteiger partial charge in [0.2, 0.25) is 5.91 Å². The Balaban J connectivity index is 1.52. The molecular weight excluding hydrogens is 729 g/mol. The lowest BCUT2D eigenvalue weighted by atomic mass is 9.96. The normalized spacial score (nSPS) is 18.0. The number of aromatic nitrogens is 1. The summed E-state index contributed by atoms with van der Waals surface area (Å²) in [6, 6.07) is 9.63. The van der Waals surface area contributed by atoms with Crippen LogP contribution < -0.4 is 10.6 Å². The van der Waals surface area contributed by atoms with Crippen molar-refractivity contribution in [2.75, 3.05) is 18.8 Å². The van der Waals surface area contributed by atoms with Gasteiger partial charge in [0.1, 0.15) is 11.7 Å². The van der Waals surface area contributed by atoms with E-state index in [1.807, 2.05) is 0 Å². The Morgan fingerprint density at radius 3 is 2.06 bits per heavy atom. The molecule has 0 saturated carbocycles. The number of ketones is 1. The van der Waals surface area contributed by atoms with Gasteiger partial charge in [0, 0.05) is 19.2 Å². The lowest BCUT2D eigenvalue weighted by Gasteiger charge is -2.31. The number of alkyl halides is 4. The van der Waals surface area contributed by atoms with E-state index in [-0.39, 0.29) is 34.9 Å². The summed E-state index contributed by atoms with van der Waals surface area (Å²) in [7, 11) is -7.95. The summed E-state index contributed by atoms with van der Waals surface area (Å²) < 4.78 is 111. The molecule has 4 rings (SSSR count). The SMILES string of the molecule is CC(C)(O)CS(=O)(=O)c1ccc(-c2ccc([C@H](N[C@@H](CC(C)(C)F)C(=O)NC3CCCN(S(=O)(=O)c4ccccn4)CC3=O)C(F)(F)F)cc2)cc1. The van der Waals surface area contributed by atoms with E-state index in [9.17, 15) is 49.1 Å². The fourth-order valence-corrected chi connectivity index (χ4v) is 8.85. The predicted octanol–water partition coefficient (Wildman–Crippen LogP) is 4.53. The summed E-state index contributed by atoms with van der Waals surface area (Å²) >= 11 is 0. The second-order valence-corrected chi connectivity index (χ2v) is 17.9. The summed E-state index contributed by atoms with van der Waals surface area (Å²) in [5, 5.41) is 14.4. The molecule has 1 aliphatic heterocycles. The molecule has 3 aromatic rings. The molecule has 284 valence electrons. The van der Waals surface area contributed by atoms with Crippen LogP contribution in [-0.4, -0.2) is 91.3 Å². The van der Waals surface area contributed by atoms with Gasteiger partial charge in [-0.1, -0.05) is 42.5 Å². The van der Waals surface area contributed by atoms with Gasteiger partial charge in [-0.25, -0.2) is 26.2 Å². The molecule has 2 heterocycles. The van der Waals surface area contributed by atoms with Crippen LogP contribution in [0.2, 0.25) is 0 Å². The number of hydrogen-bond acceptors (Lipinski definition) is 9. The van der Waals surface area contributed by atoms with Crippen LogP contribution in [0.3, 0.4) is 0 Å². The number of pyridine rings is 1. The Kier molecular flexibility index (Phi) is 12.4. The second kappa shape index (κ2) is 15.7. The Morgan fingerprint density at radius 1 is 0.942 bits per heavy atom. The zero-order valence-corrected chi connectivity index (χ0v) is 30.7. The van der Waals surface area contributed by atoms with Crippen LogP contribution in [0.15, 0.2) is 82.8 Å². The van der Waals surface area contributed by atoms with Gasteiger partial charge >= 0.3 is 6.18 Å². The fraction of sp³-hybridized carbons (Fsp3) is 0.457. The Labute approximate surface area is 300 Å². The monoisotopic (exact) mass is 770 g/mol. The van der Waals surface area contributed by atoms with Gasteiger partial charge in [0.05, 0.1) is 34.9 Å². The molecule has 1 aromatic heterocycles. The number of carbonyl (C=O) groups is 2. The number of benzene rings is 2. The van der Waals surface area contributed by atoms with Crippen molar-refractivity contribution < 1.29 is 49.1 Å². The summed E-state index contributed by atoms with van der Waals surface area (Å²) in [6.45, 7) is 4.27. The first-order valence-corrected chi connectivity index (χ1v) is 19.5. The summed E-state index contributed by atoms with van der Waals surface area (Å²) in [5.41, 5.74) is -2.90. The topological polar surface area (TPSA) is 163 Å². The molecule has 3 atom stereocenters. The number of Topliss-reactive ketones (excluding diaryl/α,β-unsaturated/α-hetero) is 1. The van der Waals surface area contributed by atoms with Crippen LogP contribution >= 0.6 is 0 Å². The van der Waals surface area contributed by atoms with E-state index in [4.69, 9.17) is 0 Å². The Morgan fingerprint density at radius 2 is 1.54 bits per heavy atom. The van der Waals surface area contributed by atoms with E-state index in [1.54, 1.807) is 0 Å². The molecular formula is C35H42F4N4O7S2. The third-order valence-corrected chi connectivity index (χ3v) is 12.1. The molecule has 1 unspecified atom stereocenters. The molecule has 1 fully saturated rings. The van der Waals surface area contributed by atoms with Gasteiger partial charge in [-0.3, -0.25) is 14.9 Å². The van der Waals surface area contributed by atoms with Crippen molar-refractivity contribution in [1.29, 1.82) is 0 Å². The van der Waals surface area contributed by atoms with Crippen LogP contribution in [0, 0.1) is 0 Å². The van der Waals surface area contributed by atoms with Crippen molar-refractivity contribution in [3.63, 3.8) is 0 Å². The molecule has 0 aliphatic carbocycles. The van der Waals surface area contributed by atoms with E-state index in [1.165, 1.54) is 86.8 Å². The van der Waals surface area contributed by atoms with E-state index in [0.717, 1.165) is 18.2 Å². The standard InChI is InChI=1S/C35H42F4N4O7S2/c1-33(2,36)20-28(32(45)42-27-8-7-19-43(21-29(27)44)52(49,50)30-9-5-6-18-40-30)41-31(35(37,38)39)25-12-10-23(11-13-25)24-14-16-26(17-15-24)51(47,48)22-34(3,4)46/h5-6,9-18,27-28,31,41,46H,7-8,19-22H2,1-4H3,(H,42,45)/t27?,28-,31-/m0/s1. The number of carbonyl (C=O) groups excluding carboxylic acids is 2. The molecule has 52 heavy (non-hydrogen) atoms. The Hall–Kier alpha value is -3.77. The van der Waals surface area contributed by atoms with E-state index in [2.05, 4.69) is 15.6 Å². The van der Waals surface area contributed by atoms with E-state index >= 15 is 0 Å². The zero-order chi connectivity index (χ0) is 38.7. The molecule has 11 nitrogen and oxygen atoms in total. The van der Waals surface area contributed by atoms with Crippen LogP contribution in [0.4, 0.5) is 17.6 Å². The fourth-order valence-electron chi connectivity index (χ4n) is 5.82. The number of hydrogen-bond donors (Lipinski definition) is 3. The highest BCUT2D eigenvalue weighted by molar-refractivity contribution is 7.91. The van der Waals surface area contributed by atoms with Gasteiger partial charge in [-0.2, -0.15) is 17.5 Å². The van der Waals surface area contributed by atoms with E-state index in [0.29, 0.717) is 11.1 Å². The summed E-state index contributed by atoms with van der Waals surface area (Å²) in [6.07, 6.45) is -4.20. The first kappa shape index (κ1) is 41.0. The van der Waals surface area contributed by atoms with Crippen molar-refractivity contribution >= 4 is 31.6 Å². The van der Waals surface area contributed by atoms with Crippen LogP contribution in [0.5, 0.6) is 0 Å². The number of halogens is 4. The number of aliphatic hydroxyl groups is 1.